The second kappa shape index (κ2) is 9.89. The normalized spacial score (nSPS) is 22.0. The van der Waals surface area contributed by atoms with Crippen LogP contribution in [0, 0.1) is 11.8 Å². The molecule has 0 aliphatic carbocycles. The van der Waals surface area contributed by atoms with E-state index in [1.807, 2.05) is 0 Å². The van der Waals surface area contributed by atoms with E-state index >= 15 is 0 Å². The number of nitrogens with zero attached hydrogens (tertiary/aromatic N) is 1. The van der Waals surface area contributed by atoms with Crippen molar-refractivity contribution in [3.63, 3.8) is 0 Å². The van der Waals surface area contributed by atoms with Gasteiger partial charge in [-0.3, -0.25) is 0 Å². The van der Waals surface area contributed by atoms with E-state index in [-0.39, 0.29) is 0 Å². The summed E-state index contributed by atoms with van der Waals surface area (Å²) in [5, 5.41) is 20.8. The zero-order valence-electron chi connectivity index (χ0n) is 15.4. The predicted molar refractivity (Wildman–Crippen MR) is 94.0 cm³/mol. The first kappa shape index (κ1) is 19.9. The van der Waals surface area contributed by atoms with Crippen LogP contribution in [0.5, 0.6) is 0 Å². The minimum Gasteiger partial charge on any atom is -0.389 e. The van der Waals surface area contributed by atoms with E-state index in [2.05, 4.69) is 25.7 Å². The maximum Gasteiger partial charge on any atom is 0.0950 e. The molecule has 1 saturated heterocycles. The lowest BCUT2D eigenvalue weighted by Gasteiger charge is -2.32. The molecule has 132 valence electrons. The first-order valence-electron chi connectivity index (χ1n) is 9.44. The second-order valence-electron chi connectivity index (χ2n) is 8.20. The van der Waals surface area contributed by atoms with Gasteiger partial charge in [0.15, 0.2) is 0 Å². The van der Waals surface area contributed by atoms with E-state index in [0.717, 1.165) is 37.8 Å². The van der Waals surface area contributed by atoms with E-state index in [4.69, 9.17) is 0 Å². The Morgan fingerprint density at radius 2 is 1.59 bits per heavy atom. The molecular formula is C19H39NO2. The lowest BCUT2D eigenvalue weighted by molar-refractivity contribution is -0.0784. The highest BCUT2D eigenvalue weighted by Gasteiger charge is 2.31. The van der Waals surface area contributed by atoms with Crippen molar-refractivity contribution >= 4 is 0 Å². The first-order chi connectivity index (χ1) is 10.3. The summed E-state index contributed by atoms with van der Waals surface area (Å²) < 4.78 is 0. The van der Waals surface area contributed by atoms with Crippen LogP contribution in [-0.4, -0.2) is 46.5 Å². The highest BCUT2D eigenvalue weighted by molar-refractivity contribution is 4.85. The van der Waals surface area contributed by atoms with Crippen LogP contribution >= 0.6 is 0 Å². The van der Waals surface area contributed by atoms with E-state index in [1.165, 1.54) is 32.1 Å². The van der Waals surface area contributed by atoms with Gasteiger partial charge in [0.05, 0.1) is 11.7 Å². The molecule has 1 rings (SSSR count). The van der Waals surface area contributed by atoms with Gasteiger partial charge in [-0.05, 0) is 51.1 Å². The smallest absolute Gasteiger partial charge is 0.0950 e. The maximum atomic E-state index is 10.5. The van der Waals surface area contributed by atoms with Gasteiger partial charge >= 0.3 is 0 Å². The van der Waals surface area contributed by atoms with Crippen LogP contribution < -0.4 is 0 Å². The van der Waals surface area contributed by atoms with Crippen molar-refractivity contribution in [2.75, 3.05) is 19.6 Å². The van der Waals surface area contributed by atoms with Crippen molar-refractivity contribution in [3.8, 4) is 0 Å². The standard InChI is InChI=1S/C19H39NO2/c1-16(2)9-7-10-17(3)11-8-12-19(4,22)18(21)15-20-13-5-6-14-20/h16-18,21-22H,5-15H2,1-4H3. The highest BCUT2D eigenvalue weighted by Crippen LogP contribution is 2.24. The van der Waals surface area contributed by atoms with Crippen molar-refractivity contribution < 1.29 is 10.2 Å². The van der Waals surface area contributed by atoms with Crippen LogP contribution in [0.15, 0.2) is 0 Å². The van der Waals surface area contributed by atoms with Gasteiger partial charge in [-0.2, -0.15) is 0 Å². The summed E-state index contributed by atoms with van der Waals surface area (Å²) in [6.07, 6.45) is 8.61. The Morgan fingerprint density at radius 1 is 1.00 bits per heavy atom. The molecule has 3 heteroatoms. The molecule has 3 nitrogen and oxygen atoms in total. The maximum absolute atomic E-state index is 10.5. The molecule has 0 amide bonds. The number of hydrogen-bond donors (Lipinski definition) is 2. The number of rotatable bonds is 11. The molecule has 0 aromatic rings. The summed E-state index contributed by atoms with van der Waals surface area (Å²) in [5.74, 6) is 1.53. The second-order valence-corrected chi connectivity index (χ2v) is 8.20. The Kier molecular flexibility index (Phi) is 8.96. The molecule has 0 aromatic carbocycles. The van der Waals surface area contributed by atoms with Gasteiger partial charge in [0.1, 0.15) is 0 Å². The van der Waals surface area contributed by atoms with Crippen molar-refractivity contribution in [3.05, 3.63) is 0 Å². The summed E-state index contributed by atoms with van der Waals surface area (Å²) in [4.78, 5) is 2.27. The van der Waals surface area contributed by atoms with Crippen LogP contribution in [0.1, 0.15) is 79.1 Å². The van der Waals surface area contributed by atoms with Crippen molar-refractivity contribution in [2.24, 2.45) is 11.8 Å². The van der Waals surface area contributed by atoms with Gasteiger partial charge < -0.3 is 15.1 Å². The highest BCUT2D eigenvalue weighted by atomic mass is 16.3. The van der Waals surface area contributed by atoms with Gasteiger partial charge in [0.25, 0.3) is 0 Å². The minimum atomic E-state index is -0.944. The molecule has 0 aromatic heterocycles. The number of hydrogen-bond acceptors (Lipinski definition) is 3. The van der Waals surface area contributed by atoms with Crippen LogP contribution in [0.4, 0.5) is 0 Å². The van der Waals surface area contributed by atoms with E-state index in [0.29, 0.717) is 13.0 Å². The molecular weight excluding hydrogens is 274 g/mol. The van der Waals surface area contributed by atoms with Crippen molar-refractivity contribution in [2.45, 2.75) is 90.8 Å². The minimum absolute atomic E-state index is 0.622. The Morgan fingerprint density at radius 3 is 2.18 bits per heavy atom. The number of aliphatic hydroxyl groups is 2. The molecule has 3 atom stereocenters. The van der Waals surface area contributed by atoms with Crippen LogP contribution in [-0.2, 0) is 0 Å². The molecule has 0 saturated carbocycles. The van der Waals surface area contributed by atoms with Crippen molar-refractivity contribution in [1.29, 1.82) is 0 Å². The Bertz CT molecular complexity index is 285. The van der Waals surface area contributed by atoms with E-state index < -0.39 is 11.7 Å². The summed E-state index contributed by atoms with van der Waals surface area (Å²) in [6, 6.07) is 0. The third-order valence-corrected chi connectivity index (χ3v) is 5.21. The molecule has 1 aliphatic rings. The van der Waals surface area contributed by atoms with Gasteiger partial charge in [-0.25, -0.2) is 0 Å². The molecule has 0 radical (unpaired) electrons. The molecule has 0 spiro atoms. The third kappa shape index (κ3) is 7.94. The fourth-order valence-electron chi connectivity index (χ4n) is 3.40. The fourth-order valence-corrected chi connectivity index (χ4v) is 3.40. The van der Waals surface area contributed by atoms with Crippen LogP contribution in [0.25, 0.3) is 0 Å². The van der Waals surface area contributed by atoms with Gasteiger partial charge in [0, 0.05) is 6.54 Å². The molecule has 1 heterocycles. The summed E-state index contributed by atoms with van der Waals surface area (Å²) in [5.41, 5.74) is -0.944. The average molecular weight is 314 g/mol. The topological polar surface area (TPSA) is 43.7 Å². The van der Waals surface area contributed by atoms with Crippen molar-refractivity contribution in [1.82, 2.24) is 4.90 Å². The molecule has 1 fully saturated rings. The molecule has 2 N–H and O–H groups in total. The zero-order chi connectivity index (χ0) is 16.6. The quantitative estimate of drug-likeness (QED) is 0.609. The Hall–Kier alpha value is -0.120. The molecule has 22 heavy (non-hydrogen) atoms. The first-order valence-corrected chi connectivity index (χ1v) is 9.44. The van der Waals surface area contributed by atoms with Gasteiger partial charge in [-0.15, -0.1) is 0 Å². The molecule has 3 unspecified atom stereocenters. The van der Waals surface area contributed by atoms with Gasteiger partial charge in [0.2, 0.25) is 0 Å². The third-order valence-electron chi connectivity index (χ3n) is 5.21. The van der Waals surface area contributed by atoms with Crippen LogP contribution in [0.2, 0.25) is 0 Å². The summed E-state index contributed by atoms with van der Waals surface area (Å²) >= 11 is 0. The average Bonchev–Trinajstić information content (AvgIpc) is 2.90. The SMILES string of the molecule is CC(C)CCCC(C)CCCC(C)(O)C(O)CN1CCCC1. The zero-order valence-corrected chi connectivity index (χ0v) is 15.4. The monoisotopic (exact) mass is 313 g/mol. The van der Waals surface area contributed by atoms with Crippen LogP contribution in [0.3, 0.4) is 0 Å². The van der Waals surface area contributed by atoms with E-state index in [9.17, 15) is 10.2 Å². The lowest BCUT2D eigenvalue weighted by Crippen LogP contribution is -2.46. The summed E-state index contributed by atoms with van der Waals surface area (Å²) in [7, 11) is 0. The molecule has 1 aliphatic heterocycles. The summed E-state index contributed by atoms with van der Waals surface area (Å²) in [6.45, 7) is 11.4. The van der Waals surface area contributed by atoms with E-state index in [1.54, 1.807) is 6.92 Å². The largest absolute Gasteiger partial charge is 0.389 e. The van der Waals surface area contributed by atoms with Gasteiger partial charge in [-0.1, -0.05) is 52.9 Å². The number of β-amino-alcohol motifs (C(OH)–C–C–N with tert-alkyl or cyclic N) is 1. The molecule has 0 bridgehead atoms. The lowest BCUT2D eigenvalue weighted by atomic mass is 9.89. The fraction of sp³-hybridized carbons (Fsp3) is 1.00. The predicted octanol–water partition coefficient (Wildman–Crippen LogP) is 3.83. The number of aliphatic hydroxyl groups excluding tert-OH is 1. The Labute approximate surface area is 138 Å². The Balaban J connectivity index is 2.17. The number of likely N-dealkylation sites (tertiary alicyclic amines) is 1.